The Morgan fingerprint density at radius 1 is 1.30 bits per heavy atom. The summed E-state index contributed by atoms with van der Waals surface area (Å²) in [6, 6.07) is 0. The van der Waals surface area contributed by atoms with Gasteiger partial charge in [-0.2, -0.15) is 0 Å². The first-order valence-electron chi connectivity index (χ1n) is 7.68. The molecule has 0 saturated heterocycles. The van der Waals surface area contributed by atoms with Crippen LogP contribution < -0.4 is 10.6 Å². The van der Waals surface area contributed by atoms with Crippen LogP contribution in [-0.4, -0.2) is 27.5 Å². The molecular weight excluding hydrogens is 250 g/mol. The number of nitrogens with zero attached hydrogens (tertiary/aromatic N) is 3. The van der Waals surface area contributed by atoms with Crippen LogP contribution in [0.2, 0.25) is 0 Å². The van der Waals surface area contributed by atoms with Crippen LogP contribution in [0.4, 0.5) is 11.6 Å². The molecule has 1 aliphatic carbocycles. The average Bonchev–Trinajstić information content (AvgIpc) is 3.16. The lowest BCUT2D eigenvalue weighted by molar-refractivity contribution is 0.686. The van der Waals surface area contributed by atoms with Gasteiger partial charge in [0.15, 0.2) is 11.5 Å². The van der Waals surface area contributed by atoms with Crippen molar-refractivity contribution in [3.05, 3.63) is 18.6 Å². The molecule has 20 heavy (non-hydrogen) atoms. The highest BCUT2D eigenvalue weighted by molar-refractivity contribution is 5.65. The Labute approximate surface area is 119 Å². The van der Waals surface area contributed by atoms with E-state index in [-0.39, 0.29) is 0 Å². The summed E-state index contributed by atoms with van der Waals surface area (Å²) in [6.45, 7) is 4.07. The number of imidazole rings is 1. The highest BCUT2D eigenvalue weighted by atomic mass is 15.1. The van der Waals surface area contributed by atoms with E-state index in [1.807, 2.05) is 23.0 Å². The lowest BCUT2D eigenvalue weighted by Gasteiger charge is -2.10. The molecule has 0 radical (unpaired) electrons. The molecule has 3 rings (SSSR count). The Morgan fingerprint density at radius 2 is 2.20 bits per heavy atom. The smallest absolute Gasteiger partial charge is 0.180 e. The van der Waals surface area contributed by atoms with E-state index in [4.69, 9.17) is 0 Å². The van der Waals surface area contributed by atoms with Gasteiger partial charge in [-0.05, 0) is 25.2 Å². The summed E-state index contributed by atoms with van der Waals surface area (Å²) in [5, 5.41) is 6.77. The summed E-state index contributed by atoms with van der Waals surface area (Å²) in [5.74, 6) is 2.78. The van der Waals surface area contributed by atoms with E-state index in [0.29, 0.717) is 0 Å². The van der Waals surface area contributed by atoms with Gasteiger partial charge >= 0.3 is 0 Å². The van der Waals surface area contributed by atoms with Gasteiger partial charge in [0.2, 0.25) is 0 Å². The van der Waals surface area contributed by atoms with Gasteiger partial charge in [0, 0.05) is 25.5 Å². The number of fused-ring (bicyclic) bond motifs is 1. The summed E-state index contributed by atoms with van der Waals surface area (Å²) in [5.41, 5.74) is 0.901. The molecule has 1 aliphatic rings. The lowest BCUT2D eigenvalue weighted by atomic mass is 10.2. The highest BCUT2D eigenvalue weighted by Gasteiger charge is 2.20. The summed E-state index contributed by atoms with van der Waals surface area (Å²) < 4.78 is 2.02. The largest absolute Gasteiger partial charge is 0.369 e. The SMILES string of the molecule is CCCNc1cn2ccnc2c(NCCCC2CC2)n1. The molecule has 0 atom stereocenters. The molecule has 2 heterocycles. The van der Waals surface area contributed by atoms with Crippen LogP contribution in [0.15, 0.2) is 18.6 Å². The quantitative estimate of drug-likeness (QED) is 0.725. The summed E-state index contributed by atoms with van der Waals surface area (Å²) in [4.78, 5) is 9.01. The Hall–Kier alpha value is -1.78. The van der Waals surface area contributed by atoms with Gasteiger partial charge in [-0.15, -0.1) is 0 Å². The third kappa shape index (κ3) is 3.21. The van der Waals surface area contributed by atoms with Crippen molar-refractivity contribution in [2.24, 2.45) is 5.92 Å². The van der Waals surface area contributed by atoms with Crippen LogP contribution in [0.5, 0.6) is 0 Å². The minimum atomic E-state index is 0.881. The number of hydrogen-bond donors (Lipinski definition) is 2. The van der Waals surface area contributed by atoms with Crippen molar-refractivity contribution in [1.82, 2.24) is 14.4 Å². The van der Waals surface area contributed by atoms with Crippen molar-refractivity contribution >= 4 is 17.3 Å². The van der Waals surface area contributed by atoms with E-state index < -0.39 is 0 Å². The van der Waals surface area contributed by atoms with Crippen molar-refractivity contribution < 1.29 is 0 Å². The van der Waals surface area contributed by atoms with Crippen LogP contribution in [0.3, 0.4) is 0 Å². The molecule has 0 unspecified atom stereocenters. The zero-order valence-electron chi connectivity index (χ0n) is 12.1. The predicted octanol–water partition coefficient (Wildman–Crippen LogP) is 3.15. The van der Waals surface area contributed by atoms with Crippen LogP contribution in [-0.2, 0) is 0 Å². The second-order valence-electron chi connectivity index (χ2n) is 5.57. The second kappa shape index (κ2) is 6.11. The Bertz CT molecular complexity index is 558. The monoisotopic (exact) mass is 273 g/mol. The molecule has 2 aromatic rings. The van der Waals surface area contributed by atoms with E-state index in [0.717, 1.165) is 42.7 Å². The molecule has 0 aliphatic heterocycles. The third-order valence-electron chi connectivity index (χ3n) is 3.71. The fourth-order valence-electron chi connectivity index (χ4n) is 2.39. The molecule has 108 valence electrons. The Balaban J connectivity index is 1.67. The topological polar surface area (TPSA) is 54.2 Å². The number of nitrogens with one attached hydrogen (secondary N) is 2. The fraction of sp³-hybridized carbons (Fsp3) is 0.600. The molecule has 1 saturated carbocycles. The maximum absolute atomic E-state index is 4.64. The number of aromatic nitrogens is 3. The zero-order valence-corrected chi connectivity index (χ0v) is 12.1. The first kappa shape index (κ1) is 13.2. The maximum atomic E-state index is 4.64. The molecule has 0 aromatic carbocycles. The van der Waals surface area contributed by atoms with Crippen LogP contribution in [0, 0.1) is 5.92 Å². The van der Waals surface area contributed by atoms with E-state index in [9.17, 15) is 0 Å². The first-order chi connectivity index (χ1) is 9.86. The summed E-state index contributed by atoms with van der Waals surface area (Å²) in [6.07, 6.45) is 12.3. The van der Waals surface area contributed by atoms with Gasteiger partial charge in [-0.1, -0.05) is 19.8 Å². The Kier molecular flexibility index (Phi) is 4.04. The molecule has 1 fully saturated rings. The van der Waals surface area contributed by atoms with Gasteiger partial charge in [0.05, 0.1) is 6.20 Å². The maximum Gasteiger partial charge on any atom is 0.180 e. The normalized spacial score (nSPS) is 14.7. The van der Waals surface area contributed by atoms with Gasteiger partial charge in [0.25, 0.3) is 0 Å². The van der Waals surface area contributed by atoms with Gasteiger partial charge in [0.1, 0.15) is 5.82 Å². The van der Waals surface area contributed by atoms with Crippen molar-refractivity contribution in [2.45, 2.75) is 39.0 Å². The second-order valence-corrected chi connectivity index (χ2v) is 5.57. The van der Waals surface area contributed by atoms with E-state index in [2.05, 4.69) is 27.5 Å². The predicted molar refractivity (Wildman–Crippen MR) is 82.2 cm³/mol. The van der Waals surface area contributed by atoms with Crippen molar-refractivity contribution in [3.63, 3.8) is 0 Å². The zero-order chi connectivity index (χ0) is 13.8. The number of hydrogen-bond acceptors (Lipinski definition) is 4. The van der Waals surface area contributed by atoms with Gasteiger partial charge < -0.3 is 15.0 Å². The molecule has 0 bridgehead atoms. The highest BCUT2D eigenvalue weighted by Crippen LogP contribution is 2.33. The molecule has 2 aromatic heterocycles. The van der Waals surface area contributed by atoms with E-state index in [1.165, 1.54) is 25.7 Å². The van der Waals surface area contributed by atoms with Gasteiger partial charge in [-0.3, -0.25) is 0 Å². The fourth-order valence-corrected chi connectivity index (χ4v) is 2.39. The summed E-state index contributed by atoms with van der Waals surface area (Å²) in [7, 11) is 0. The molecule has 5 nitrogen and oxygen atoms in total. The third-order valence-corrected chi connectivity index (χ3v) is 3.71. The van der Waals surface area contributed by atoms with E-state index >= 15 is 0 Å². The van der Waals surface area contributed by atoms with Crippen molar-refractivity contribution in [1.29, 1.82) is 0 Å². The van der Waals surface area contributed by atoms with E-state index in [1.54, 1.807) is 0 Å². The number of rotatable bonds is 8. The van der Waals surface area contributed by atoms with Gasteiger partial charge in [-0.25, -0.2) is 9.97 Å². The number of anilines is 2. The molecule has 0 amide bonds. The summed E-state index contributed by atoms with van der Waals surface area (Å²) >= 11 is 0. The first-order valence-corrected chi connectivity index (χ1v) is 7.68. The molecule has 0 spiro atoms. The minimum Gasteiger partial charge on any atom is -0.369 e. The molecule has 2 N–H and O–H groups in total. The lowest BCUT2D eigenvalue weighted by Crippen LogP contribution is -2.09. The van der Waals surface area contributed by atoms with Crippen LogP contribution in [0.25, 0.3) is 5.65 Å². The van der Waals surface area contributed by atoms with Crippen LogP contribution >= 0.6 is 0 Å². The van der Waals surface area contributed by atoms with Crippen molar-refractivity contribution in [2.75, 3.05) is 23.7 Å². The van der Waals surface area contributed by atoms with Crippen molar-refractivity contribution in [3.8, 4) is 0 Å². The molecule has 5 heteroatoms. The standard InChI is InChI=1S/C15H23N5/c1-2-7-16-13-11-20-10-9-18-15(20)14(19-13)17-8-3-4-12-5-6-12/h9-12,16H,2-8H2,1H3,(H,17,19). The Morgan fingerprint density at radius 3 is 3.00 bits per heavy atom. The molecular formula is C15H23N5. The average molecular weight is 273 g/mol. The van der Waals surface area contributed by atoms with Crippen LogP contribution in [0.1, 0.15) is 39.0 Å². The minimum absolute atomic E-state index is 0.881.